The van der Waals surface area contributed by atoms with Crippen molar-refractivity contribution in [2.45, 2.75) is 19.3 Å². The number of hydrogen-bond donors (Lipinski definition) is 3. The highest BCUT2D eigenvalue weighted by atomic mass is 16.2. The van der Waals surface area contributed by atoms with Gasteiger partial charge in [-0.3, -0.25) is 9.89 Å². The summed E-state index contributed by atoms with van der Waals surface area (Å²) < 4.78 is 0. The summed E-state index contributed by atoms with van der Waals surface area (Å²) in [4.78, 5) is 17.0. The van der Waals surface area contributed by atoms with Crippen molar-refractivity contribution in [1.29, 1.82) is 0 Å². The lowest BCUT2D eigenvalue weighted by Gasteiger charge is -2.14. The molecule has 1 amide bonds. The molecule has 7 heteroatoms. The molecule has 1 aromatic heterocycles. The molecule has 0 aliphatic heterocycles. The second-order valence-corrected chi connectivity index (χ2v) is 3.55. The molecular formula is C9H17N5O2. The Hall–Kier alpha value is -1.63. The number of nitrogen functional groups attached to an aromatic ring is 1. The number of nitrogens with zero attached hydrogens (tertiary/aromatic N) is 3. The molecule has 1 heterocycles. The Morgan fingerprint density at radius 2 is 2.25 bits per heavy atom. The molecule has 0 unspecified atom stereocenters. The third-order valence-electron chi connectivity index (χ3n) is 2.20. The van der Waals surface area contributed by atoms with Gasteiger partial charge in [0.15, 0.2) is 0 Å². The Labute approximate surface area is 93.7 Å². The normalized spacial score (nSPS) is 10.4. The number of hydrogen-bond acceptors (Lipinski definition) is 5. The van der Waals surface area contributed by atoms with Crippen LogP contribution in [-0.4, -0.2) is 51.3 Å². The first-order chi connectivity index (χ1) is 7.65. The van der Waals surface area contributed by atoms with Gasteiger partial charge in [0.2, 0.25) is 11.8 Å². The van der Waals surface area contributed by atoms with Crippen LogP contribution in [0.2, 0.25) is 0 Å². The molecular weight excluding hydrogens is 210 g/mol. The number of aromatic amines is 1. The highest BCUT2D eigenvalue weighted by Crippen LogP contribution is 2.01. The van der Waals surface area contributed by atoms with Crippen LogP contribution in [0.25, 0.3) is 0 Å². The third kappa shape index (κ3) is 3.50. The number of rotatable bonds is 6. The SMILES string of the molecule is CN(CCCCCO)C(=O)c1nc(N)n[nH]1. The Morgan fingerprint density at radius 3 is 2.81 bits per heavy atom. The third-order valence-corrected chi connectivity index (χ3v) is 2.20. The van der Waals surface area contributed by atoms with Crippen molar-refractivity contribution in [3.8, 4) is 0 Å². The zero-order valence-corrected chi connectivity index (χ0v) is 9.31. The lowest BCUT2D eigenvalue weighted by atomic mass is 10.2. The van der Waals surface area contributed by atoms with Crippen molar-refractivity contribution in [2.75, 3.05) is 25.9 Å². The first-order valence-corrected chi connectivity index (χ1v) is 5.19. The molecule has 1 aromatic rings. The van der Waals surface area contributed by atoms with Gasteiger partial charge in [0, 0.05) is 20.2 Å². The molecule has 7 nitrogen and oxygen atoms in total. The van der Waals surface area contributed by atoms with Gasteiger partial charge in [0.25, 0.3) is 5.91 Å². The first kappa shape index (κ1) is 12.4. The fourth-order valence-electron chi connectivity index (χ4n) is 1.29. The molecule has 0 bridgehead atoms. The van der Waals surface area contributed by atoms with Crippen molar-refractivity contribution in [2.24, 2.45) is 0 Å². The van der Waals surface area contributed by atoms with Crippen LogP contribution in [0.4, 0.5) is 5.95 Å². The first-order valence-electron chi connectivity index (χ1n) is 5.19. The van der Waals surface area contributed by atoms with Crippen molar-refractivity contribution in [3.63, 3.8) is 0 Å². The van der Waals surface area contributed by atoms with Crippen LogP contribution in [0.5, 0.6) is 0 Å². The summed E-state index contributed by atoms with van der Waals surface area (Å²) in [6, 6.07) is 0. The van der Waals surface area contributed by atoms with E-state index in [9.17, 15) is 4.79 Å². The van der Waals surface area contributed by atoms with Gasteiger partial charge in [-0.1, -0.05) is 0 Å². The standard InChI is InChI=1S/C9H17N5O2/c1-14(5-3-2-4-6-15)8(16)7-11-9(10)13-12-7/h15H,2-6H2,1H3,(H3,10,11,12,13). The monoisotopic (exact) mass is 227 g/mol. The minimum absolute atomic E-state index is 0.0667. The molecule has 0 fully saturated rings. The molecule has 0 atom stereocenters. The van der Waals surface area contributed by atoms with Gasteiger partial charge in [-0.2, -0.15) is 4.98 Å². The second kappa shape index (κ2) is 6.06. The summed E-state index contributed by atoms with van der Waals surface area (Å²) >= 11 is 0. The van der Waals surface area contributed by atoms with Crippen molar-refractivity contribution < 1.29 is 9.90 Å². The molecule has 0 aliphatic carbocycles. The van der Waals surface area contributed by atoms with Gasteiger partial charge in [-0.15, -0.1) is 5.10 Å². The zero-order valence-electron chi connectivity index (χ0n) is 9.31. The minimum Gasteiger partial charge on any atom is -0.396 e. The molecule has 0 saturated heterocycles. The summed E-state index contributed by atoms with van der Waals surface area (Å²) in [5.41, 5.74) is 5.30. The highest BCUT2D eigenvalue weighted by molar-refractivity contribution is 5.90. The molecule has 4 N–H and O–H groups in total. The van der Waals surface area contributed by atoms with Crippen molar-refractivity contribution >= 4 is 11.9 Å². The summed E-state index contributed by atoms with van der Waals surface area (Å²) in [7, 11) is 1.69. The molecule has 0 radical (unpaired) electrons. The molecule has 1 rings (SSSR count). The largest absolute Gasteiger partial charge is 0.396 e. The molecule has 0 saturated carbocycles. The number of unbranched alkanes of at least 4 members (excludes halogenated alkanes) is 2. The Bertz CT molecular complexity index is 338. The number of H-pyrrole nitrogens is 1. The van der Waals surface area contributed by atoms with Gasteiger partial charge in [-0.05, 0) is 19.3 Å². The van der Waals surface area contributed by atoms with Crippen LogP contribution < -0.4 is 5.73 Å². The molecule has 0 spiro atoms. The van der Waals surface area contributed by atoms with E-state index in [1.54, 1.807) is 11.9 Å². The maximum Gasteiger partial charge on any atom is 0.290 e. The van der Waals surface area contributed by atoms with Crippen LogP contribution in [-0.2, 0) is 0 Å². The van der Waals surface area contributed by atoms with Gasteiger partial charge in [-0.25, -0.2) is 0 Å². The fourth-order valence-corrected chi connectivity index (χ4v) is 1.29. The zero-order chi connectivity index (χ0) is 12.0. The number of aromatic nitrogens is 3. The molecule has 0 aliphatic rings. The maximum atomic E-state index is 11.7. The number of anilines is 1. The quantitative estimate of drug-likeness (QED) is 0.574. The predicted molar refractivity (Wildman–Crippen MR) is 58.7 cm³/mol. The predicted octanol–water partition coefficient (Wildman–Crippen LogP) is -0.379. The lowest BCUT2D eigenvalue weighted by Crippen LogP contribution is -2.28. The molecule has 0 aromatic carbocycles. The number of carbonyl (C=O) groups is 1. The molecule has 16 heavy (non-hydrogen) atoms. The highest BCUT2D eigenvalue weighted by Gasteiger charge is 2.14. The number of nitrogens with one attached hydrogen (secondary N) is 1. The summed E-state index contributed by atoms with van der Waals surface area (Å²) in [5.74, 6) is -0.00705. The average molecular weight is 227 g/mol. The summed E-state index contributed by atoms with van der Waals surface area (Å²) in [6.45, 7) is 0.815. The topological polar surface area (TPSA) is 108 Å². The van der Waals surface area contributed by atoms with Crippen LogP contribution in [0, 0.1) is 0 Å². The molecule has 90 valence electrons. The Morgan fingerprint density at radius 1 is 1.50 bits per heavy atom. The van der Waals surface area contributed by atoms with Crippen molar-refractivity contribution in [3.05, 3.63) is 5.82 Å². The van der Waals surface area contributed by atoms with Crippen LogP contribution in [0.3, 0.4) is 0 Å². The summed E-state index contributed by atoms with van der Waals surface area (Å²) in [6.07, 6.45) is 2.51. The number of nitrogens with two attached hydrogens (primary N) is 1. The lowest BCUT2D eigenvalue weighted by molar-refractivity contribution is 0.0780. The second-order valence-electron chi connectivity index (χ2n) is 3.55. The Kier molecular flexibility index (Phi) is 4.71. The smallest absolute Gasteiger partial charge is 0.290 e. The van der Waals surface area contributed by atoms with Crippen molar-refractivity contribution in [1.82, 2.24) is 20.1 Å². The summed E-state index contributed by atoms with van der Waals surface area (Å²) in [5, 5.41) is 14.7. The Balaban J connectivity index is 2.36. The van der Waals surface area contributed by atoms with Gasteiger partial charge < -0.3 is 15.7 Å². The van der Waals surface area contributed by atoms with E-state index in [4.69, 9.17) is 10.8 Å². The van der Waals surface area contributed by atoms with Crippen LogP contribution in [0.15, 0.2) is 0 Å². The van der Waals surface area contributed by atoms with Gasteiger partial charge in [0.05, 0.1) is 0 Å². The fraction of sp³-hybridized carbons (Fsp3) is 0.667. The number of aliphatic hydroxyl groups is 1. The number of carbonyl (C=O) groups excluding carboxylic acids is 1. The number of aliphatic hydroxyl groups excluding tert-OH is 1. The van der Waals surface area contributed by atoms with Crippen LogP contribution in [0.1, 0.15) is 29.9 Å². The minimum atomic E-state index is -0.229. The van der Waals surface area contributed by atoms with E-state index in [1.165, 1.54) is 0 Å². The van der Waals surface area contributed by atoms with E-state index in [-0.39, 0.29) is 24.3 Å². The average Bonchev–Trinajstić information content (AvgIpc) is 2.70. The van der Waals surface area contributed by atoms with E-state index in [0.29, 0.717) is 6.54 Å². The maximum absolute atomic E-state index is 11.7. The van der Waals surface area contributed by atoms with E-state index in [1.807, 2.05) is 0 Å². The van der Waals surface area contributed by atoms with E-state index in [2.05, 4.69) is 15.2 Å². The van der Waals surface area contributed by atoms with Crippen LogP contribution >= 0.6 is 0 Å². The van der Waals surface area contributed by atoms with E-state index >= 15 is 0 Å². The van der Waals surface area contributed by atoms with E-state index in [0.717, 1.165) is 19.3 Å². The number of amides is 1. The van der Waals surface area contributed by atoms with E-state index < -0.39 is 0 Å². The van der Waals surface area contributed by atoms with Gasteiger partial charge >= 0.3 is 0 Å². The van der Waals surface area contributed by atoms with Gasteiger partial charge in [0.1, 0.15) is 0 Å².